The zero-order valence-corrected chi connectivity index (χ0v) is 8.51. The summed E-state index contributed by atoms with van der Waals surface area (Å²) in [4.78, 5) is 13.7. The Balaban J connectivity index is -0.0000000321. The number of carbonyl (C=O) groups excluding carboxylic acids is 1. The summed E-state index contributed by atoms with van der Waals surface area (Å²) in [6.07, 6.45) is 0. The molecule has 0 heterocycles. The lowest BCUT2D eigenvalue weighted by Crippen LogP contribution is -2.17. The van der Waals surface area contributed by atoms with Crippen LogP contribution in [0.2, 0.25) is 0 Å². The third kappa shape index (κ3) is 42.2. The van der Waals surface area contributed by atoms with Gasteiger partial charge in [-0.3, -0.25) is 4.79 Å². The summed E-state index contributed by atoms with van der Waals surface area (Å²) in [7, 11) is 7.56. The van der Waals surface area contributed by atoms with E-state index < -0.39 is 0 Å². The largest absolute Gasteiger partial charge is 0.349 e. The fraction of sp³-hybridized carbons (Fsp3) is 0.909. The first-order chi connectivity index (χ1) is 4.91. The van der Waals surface area contributed by atoms with Gasteiger partial charge in [-0.2, -0.15) is 0 Å². The van der Waals surface area contributed by atoms with Gasteiger partial charge in [-0.05, 0) is 20.6 Å². The topological polar surface area (TPSA) is 23.6 Å². The van der Waals surface area contributed by atoms with Crippen LogP contribution in [0.4, 0.5) is 0 Å². The molecule has 0 aromatic heterocycles. The van der Waals surface area contributed by atoms with Crippen LogP contribution in [-0.2, 0) is 4.79 Å². The normalized spacial score (nSPS) is 6.79. The maximum atomic E-state index is 10.1. The molecule has 0 saturated carbocycles. The Morgan fingerprint density at radius 1 is 1.00 bits per heavy atom. The summed E-state index contributed by atoms with van der Waals surface area (Å²) >= 11 is 0. The van der Waals surface area contributed by atoms with Crippen molar-refractivity contribution >= 4 is 5.91 Å². The summed E-state index contributed by atoms with van der Waals surface area (Å²) < 4.78 is 0. The predicted octanol–water partition coefficient (Wildman–Crippen LogP) is 2.57. The zero-order valence-electron chi connectivity index (χ0n) is 8.51. The highest BCUT2D eigenvalue weighted by Crippen LogP contribution is 1.69. The van der Waals surface area contributed by atoms with Crippen LogP contribution < -0.4 is 0 Å². The number of hydrogen-bond acceptors (Lipinski definition) is 2. The molecule has 92 valence electrons. The number of rotatable bonds is 1. The molecule has 14 heavy (non-hydrogen) atoms. The van der Waals surface area contributed by atoms with E-state index in [4.69, 9.17) is 0 Å². The smallest absolute Gasteiger partial charge is 0.218 e. The monoisotopic (exact) mass is 208 g/mol. The van der Waals surface area contributed by atoms with E-state index in [1.54, 1.807) is 14.1 Å². The SMILES string of the molecule is C.C.C.CC(=O)N(C)C.CCN(C)C. The Kier molecular flexibility index (Phi) is 38.1. The Morgan fingerprint density at radius 3 is 1.14 bits per heavy atom. The average Bonchev–Trinajstić information content (AvgIpc) is 1.89. The van der Waals surface area contributed by atoms with Gasteiger partial charge in [-0.15, -0.1) is 0 Å². The summed E-state index contributed by atoms with van der Waals surface area (Å²) in [5.74, 6) is 0.0926. The number of hydrogen-bond donors (Lipinski definition) is 0. The summed E-state index contributed by atoms with van der Waals surface area (Å²) in [6, 6.07) is 0. The van der Waals surface area contributed by atoms with Crippen LogP contribution in [0.5, 0.6) is 0 Å². The molecule has 0 aliphatic heterocycles. The molecule has 3 nitrogen and oxygen atoms in total. The number of amides is 1. The molecule has 0 bridgehead atoms. The van der Waals surface area contributed by atoms with Crippen molar-refractivity contribution in [3.8, 4) is 0 Å². The van der Waals surface area contributed by atoms with Gasteiger partial charge in [0, 0.05) is 21.0 Å². The van der Waals surface area contributed by atoms with E-state index in [9.17, 15) is 4.79 Å². The van der Waals surface area contributed by atoms with Crippen LogP contribution in [0.25, 0.3) is 0 Å². The van der Waals surface area contributed by atoms with Gasteiger partial charge in [0.2, 0.25) is 5.91 Å². The number of nitrogens with zero attached hydrogens (tertiary/aromatic N) is 2. The van der Waals surface area contributed by atoms with Crippen LogP contribution in [-0.4, -0.2) is 50.4 Å². The Labute approximate surface area is 92.1 Å². The predicted molar refractivity (Wildman–Crippen MR) is 68.8 cm³/mol. The van der Waals surface area contributed by atoms with Crippen molar-refractivity contribution in [1.82, 2.24) is 9.80 Å². The first-order valence-electron chi connectivity index (χ1n) is 3.74. The lowest BCUT2D eigenvalue weighted by molar-refractivity contribution is -0.126. The molecule has 0 N–H and O–H groups in total. The molecule has 3 heteroatoms. The fourth-order valence-corrected chi connectivity index (χ4v) is 0. The Bertz CT molecular complexity index is 101. The van der Waals surface area contributed by atoms with Crippen molar-refractivity contribution in [3.05, 3.63) is 0 Å². The lowest BCUT2D eigenvalue weighted by Gasteiger charge is -2.02. The fourth-order valence-electron chi connectivity index (χ4n) is 0. The van der Waals surface area contributed by atoms with E-state index in [0.29, 0.717) is 0 Å². The number of carbonyl (C=O) groups is 1. The highest BCUT2D eigenvalue weighted by atomic mass is 16.2. The molecule has 0 aromatic carbocycles. The Morgan fingerprint density at radius 2 is 1.14 bits per heavy atom. The molecule has 0 aliphatic carbocycles. The van der Waals surface area contributed by atoms with Crippen LogP contribution >= 0.6 is 0 Å². The van der Waals surface area contributed by atoms with Gasteiger partial charge < -0.3 is 9.80 Å². The first-order valence-corrected chi connectivity index (χ1v) is 3.74. The molecule has 0 radical (unpaired) electrons. The first kappa shape index (κ1) is 29.2. The van der Waals surface area contributed by atoms with Crippen molar-refractivity contribution in [2.24, 2.45) is 0 Å². The van der Waals surface area contributed by atoms with Gasteiger partial charge >= 0.3 is 0 Å². The highest BCUT2D eigenvalue weighted by molar-refractivity contribution is 5.72. The average molecular weight is 208 g/mol. The second-order valence-corrected chi connectivity index (χ2v) is 2.81. The van der Waals surface area contributed by atoms with Gasteiger partial charge in [0.05, 0.1) is 0 Å². The van der Waals surface area contributed by atoms with Gasteiger partial charge in [0.15, 0.2) is 0 Å². The molecular weight excluding hydrogens is 176 g/mol. The maximum absolute atomic E-state index is 10.1. The van der Waals surface area contributed by atoms with Crippen LogP contribution in [0, 0.1) is 0 Å². The van der Waals surface area contributed by atoms with Gasteiger partial charge in [0.1, 0.15) is 0 Å². The van der Waals surface area contributed by atoms with Crippen molar-refractivity contribution in [2.45, 2.75) is 36.1 Å². The summed E-state index contributed by atoms with van der Waals surface area (Å²) in [5, 5.41) is 0. The molecule has 0 spiro atoms. The molecule has 0 unspecified atom stereocenters. The van der Waals surface area contributed by atoms with Crippen LogP contribution in [0.15, 0.2) is 0 Å². The van der Waals surface area contributed by atoms with E-state index in [1.807, 2.05) is 0 Å². The van der Waals surface area contributed by atoms with Crippen LogP contribution in [0.3, 0.4) is 0 Å². The van der Waals surface area contributed by atoms with Gasteiger partial charge in [-0.1, -0.05) is 29.2 Å². The highest BCUT2D eigenvalue weighted by Gasteiger charge is 1.87. The van der Waals surface area contributed by atoms with Crippen molar-refractivity contribution in [1.29, 1.82) is 0 Å². The lowest BCUT2D eigenvalue weighted by atomic mass is 10.7. The molecular formula is C11H32N2O. The van der Waals surface area contributed by atoms with E-state index in [2.05, 4.69) is 25.9 Å². The Hall–Kier alpha value is -0.570. The van der Waals surface area contributed by atoms with Crippen molar-refractivity contribution in [2.75, 3.05) is 34.7 Å². The molecule has 0 aliphatic rings. The van der Waals surface area contributed by atoms with E-state index in [-0.39, 0.29) is 28.2 Å². The third-order valence-corrected chi connectivity index (χ3v) is 1.26. The van der Waals surface area contributed by atoms with Crippen LogP contribution in [0.1, 0.15) is 36.1 Å². The minimum atomic E-state index is 0. The molecule has 1 amide bonds. The maximum Gasteiger partial charge on any atom is 0.218 e. The molecule has 0 saturated heterocycles. The van der Waals surface area contributed by atoms with E-state index in [1.165, 1.54) is 11.8 Å². The summed E-state index contributed by atoms with van der Waals surface area (Å²) in [5.41, 5.74) is 0. The summed E-state index contributed by atoms with van der Waals surface area (Å²) in [6.45, 7) is 4.79. The second-order valence-electron chi connectivity index (χ2n) is 2.81. The molecule has 0 fully saturated rings. The van der Waals surface area contributed by atoms with Crippen molar-refractivity contribution < 1.29 is 4.79 Å². The van der Waals surface area contributed by atoms with Crippen molar-refractivity contribution in [3.63, 3.8) is 0 Å². The second kappa shape index (κ2) is 18.3. The van der Waals surface area contributed by atoms with E-state index >= 15 is 0 Å². The molecule has 0 aromatic rings. The third-order valence-electron chi connectivity index (χ3n) is 1.26. The van der Waals surface area contributed by atoms with E-state index in [0.717, 1.165) is 6.54 Å². The minimum absolute atomic E-state index is 0. The molecule has 0 rings (SSSR count). The quantitative estimate of drug-likeness (QED) is 0.661. The zero-order chi connectivity index (χ0) is 9.44. The van der Waals surface area contributed by atoms with Gasteiger partial charge in [0.25, 0.3) is 0 Å². The van der Waals surface area contributed by atoms with Gasteiger partial charge in [-0.25, -0.2) is 0 Å². The standard InChI is InChI=1S/C4H9NO.C4H11N.3CH4/c1-4(6)5(2)3;1-4-5(2)3;;;/h1-3H3;4H2,1-3H3;3*1H4. The molecule has 0 atom stereocenters. The minimum Gasteiger partial charge on any atom is -0.349 e.